The molecule has 1 aromatic carbocycles. The Hall–Kier alpha value is -0.910. The summed E-state index contributed by atoms with van der Waals surface area (Å²) in [5.41, 5.74) is 1.69. The predicted molar refractivity (Wildman–Crippen MR) is 68.6 cm³/mol. The quantitative estimate of drug-likeness (QED) is 0.783. The smallest absolute Gasteiger partial charge is 0.124 e. The average molecular weight is 268 g/mol. The fourth-order valence-electron chi connectivity index (χ4n) is 2.59. The fraction of sp³-hybridized carbons (Fsp3) is 0.538. The molecule has 0 saturated carbocycles. The molecular formula is C13H18NO3S-. The molecule has 1 aliphatic rings. The topological polar surface area (TPSA) is 60.4 Å². The van der Waals surface area contributed by atoms with E-state index in [1.165, 1.54) is 6.07 Å². The monoisotopic (exact) mass is 268 g/mol. The number of benzene rings is 1. The minimum atomic E-state index is -4.38. The third-order valence-electron chi connectivity index (χ3n) is 3.59. The Morgan fingerprint density at radius 1 is 1.44 bits per heavy atom. The van der Waals surface area contributed by atoms with E-state index in [0.29, 0.717) is 5.56 Å². The number of likely N-dealkylation sites (tertiary alicyclic amines) is 1. The van der Waals surface area contributed by atoms with Crippen LogP contribution in [0.25, 0.3) is 0 Å². The largest absolute Gasteiger partial charge is 0.744 e. The standard InChI is InChI=1S/C13H19NO3S/c1-3-14-7-6-11(9-14)12-8-10(2)4-5-13(12)18(15,16)17/h4-5,8,11H,3,6-7,9H2,1-2H3,(H,15,16,17)/p-1/t11-/m0/s1. The molecule has 1 heterocycles. The third kappa shape index (κ3) is 2.74. The maximum absolute atomic E-state index is 11.3. The summed E-state index contributed by atoms with van der Waals surface area (Å²) in [7, 11) is -4.38. The highest BCUT2D eigenvalue weighted by Crippen LogP contribution is 2.32. The van der Waals surface area contributed by atoms with Crippen molar-refractivity contribution >= 4 is 10.1 Å². The first-order chi connectivity index (χ1) is 8.41. The molecular weight excluding hydrogens is 250 g/mol. The lowest BCUT2D eigenvalue weighted by Gasteiger charge is -2.19. The van der Waals surface area contributed by atoms with Gasteiger partial charge in [-0.15, -0.1) is 0 Å². The summed E-state index contributed by atoms with van der Waals surface area (Å²) >= 11 is 0. The van der Waals surface area contributed by atoms with Gasteiger partial charge in [0, 0.05) is 6.54 Å². The summed E-state index contributed by atoms with van der Waals surface area (Å²) in [5.74, 6) is 0.156. The molecule has 1 atom stereocenters. The highest BCUT2D eigenvalue weighted by molar-refractivity contribution is 7.85. The molecule has 4 nitrogen and oxygen atoms in total. The van der Waals surface area contributed by atoms with E-state index in [4.69, 9.17) is 0 Å². The van der Waals surface area contributed by atoms with Gasteiger partial charge in [-0.3, -0.25) is 0 Å². The zero-order valence-electron chi connectivity index (χ0n) is 10.7. The van der Waals surface area contributed by atoms with E-state index in [1.54, 1.807) is 6.07 Å². The lowest BCUT2D eigenvalue weighted by Crippen LogP contribution is -2.19. The Labute approximate surface area is 108 Å². The Morgan fingerprint density at radius 2 is 2.17 bits per heavy atom. The molecule has 0 aromatic heterocycles. The summed E-state index contributed by atoms with van der Waals surface area (Å²) in [6.07, 6.45) is 0.916. The second kappa shape index (κ2) is 4.99. The van der Waals surface area contributed by atoms with E-state index in [0.717, 1.165) is 31.6 Å². The van der Waals surface area contributed by atoms with E-state index in [2.05, 4.69) is 11.8 Å². The van der Waals surface area contributed by atoms with Gasteiger partial charge in [0.2, 0.25) is 0 Å². The van der Waals surface area contributed by atoms with Crippen molar-refractivity contribution in [3.05, 3.63) is 29.3 Å². The van der Waals surface area contributed by atoms with Crippen LogP contribution >= 0.6 is 0 Å². The molecule has 0 N–H and O–H groups in total. The first-order valence-corrected chi connectivity index (χ1v) is 7.61. The van der Waals surface area contributed by atoms with Crippen LogP contribution in [0.2, 0.25) is 0 Å². The van der Waals surface area contributed by atoms with E-state index < -0.39 is 10.1 Å². The van der Waals surface area contributed by atoms with Crippen LogP contribution in [-0.4, -0.2) is 37.5 Å². The number of nitrogens with zero attached hydrogens (tertiary/aromatic N) is 1. The number of rotatable bonds is 3. The van der Waals surface area contributed by atoms with Crippen molar-refractivity contribution in [2.45, 2.75) is 31.1 Å². The molecule has 1 fully saturated rings. The molecule has 1 aromatic rings. The van der Waals surface area contributed by atoms with E-state index in [-0.39, 0.29) is 10.8 Å². The van der Waals surface area contributed by atoms with Gasteiger partial charge in [0.15, 0.2) is 0 Å². The first-order valence-electron chi connectivity index (χ1n) is 6.20. The van der Waals surface area contributed by atoms with Gasteiger partial charge in [-0.25, -0.2) is 8.42 Å². The molecule has 18 heavy (non-hydrogen) atoms. The van der Waals surface area contributed by atoms with Crippen molar-refractivity contribution in [2.75, 3.05) is 19.6 Å². The van der Waals surface area contributed by atoms with Crippen molar-refractivity contribution in [1.29, 1.82) is 0 Å². The highest BCUT2D eigenvalue weighted by Gasteiger charge is 2.26. The Balaban J connectivity index is 2.41. The average Bonchev–Trinajstić information content (AvgIpc) is 2.75. The van der Waals surface area contributed by atoms with Crippen LogP contribution in [0.3, 0.4) is 0 Å². The van der Waals surface area contributed by atoms with Gasteiger partial charge in [0.05, 0.1) is 4.90 Å². The van der Waals surface area contributed by atoms with Crippen molar-refractivity contribution in [1.82, 2.24) is 4.90 Å². The molecule has 0 amide bonds. The van der Waals surface area contributed by atoms with E-state index in [9.17, 15) is 13.0 Å². The minimum Gasteiger partial charge on any atom is -0.744 e. The zero-order chi connectivity index (χ0) is 13.3. The van der Waals surface area contributed by atoms with Gasteiger partial charge in [-0.1, -0.05) is 24.6 Å². The number of hydrogen-bond acceptors (Lipinski definition) is 4. The number of likely N-dealkylation sites (N-methyl/N-ethyl adjacent to an activating group) is 1. The lowest BCUT2D eigenvalue weighted by molar-refractivity contribution is 0.353. The molecule has 100 valence electrons. The zero-order valence-corrected chi connectivity index (χ0v) is 11.5. The Kier molecular flexibility index (Phi) is 3.75. The summed E-state index contributed by atoms with van der Waals surface area (Å²) in [6, 6.07) is 4.97. The molecule has 2 rings (SSSR count). The van der Waals surface area contributed by atoms with Crippen molar-refractivity contribution in [3.63, 3.8) is 0 Å². The Bertz CT molecular complexity index is 539. The van der Waals surface area contributed by atoms with Crippen LogP contribution in [-0.2, 0) is 10.1 Å². The van der Waals surface area contributed by atoms with Crippen LogP contribution < -0.4 is 0 Å². The van der Waals surface area contributed by atoms with Crippen molar-refractivity contribution in [2.24, 2.45) is 0 Å². The minimum absolute atomic E-state index is 0.0453. The molecule has 0 unspecified atom stereocenters. The van der Waals surface area contributed by atoms with Crippen LogP contribution in [0.5, 0.6) is 0 Å². The molecule has 1 saturated heterocycles. The van der Waals surface area contributed by atoms with Gasteiger partial charge < -0.3 is 9.45 Å². The highest BCUT2D eigenvalue weighted by atomic mass is 32.2. The lowest BCUT2D eigenvalue weighted by atomic mass is 9.97. The molecule has 0 radical (unpaired) electrons. The summed E-state index contributed by atoms with van der Waals surface area (Å²) in [4.78, 5) is 2.23. The van der Waals surface area contributed by atoms with Gasteiger partial charge in [-0.2, -0.15) is 0 Å². The fourth-order valence-corrected chi connectivity index (χ4v) is 3.34. The summed E-state index contributed by atoms with van der Waals surface area (Å²) < 4.78 is 33.9. The summed E-state index contributed by atoms with van der Waals surface area (Å²) in [6.45, 7) is 6.76. The number of aryl methyl sites for hydroxylation is 1. The van der Waals surface area contributed by atoms with Gasteiger partial charge >= 0.3 is 0 Å². The SMILES string of the molecule is CCN1CC[C@H](c2cc(C)ccc2S(=O)(=O)[O-])C1. The van der Waals surface area contributed by atoms with E-state index in [1.807, 2.05) is 13.0 Å². The molecule has 5 heteroatoms. The van der Waals surface area contributed by atoms with Gasteiger partial charge in [0.1, 0.15) is 10.1 Å². The van der Waals surface area contributed by atoms with Crippen molar-refractivity contribution < 1.29 is 13.0 Å². The molecule has 0 spiro atoms. The summed E-state index contributed by atoms with van der Waals surface area (Å²) in [5, 5.41) is 0. The van der Waals surface area contributed by atoms with Crippen LogP contribution in [0.15, 0.2) is 23.1 Å². The van der Waals surface area contributed by atoms with E-state index >= 15 is 0 Å². The third-order valence-corrected chi connectivity index (χ3v) is 4.50. The van der Waals surface area contributed by atoms with Crippen LogP contribution in [0, 0.1) is 6.92 Å². The molecule has 0 aliphatic carbocycles. The maximum Gasteiger partial charge on any atom is 0.124 e. The first kappa shape index (κ1) is 13.5. The number of hydrogen-bond donors (Lipinski definition) is 0. The Morgan fingerprint density at radius 3 is 2.72 bits per heavy atom. The molecule has 0 bridgehead atoms. The van der Waals surface area contributed by atoms with Gasteiger partial charge in [0.25, 0.3) is 0 Å². The second-order valence-corrected chi connectivity index (χ2v) is 6.22. The van der Waals surface area contributed by atoms with Crippen molar-refractivity contribution in [3.8, 4) is 0 Å². The van der Waals surface area contributed by atoms with Crippen LogP contribution in [0.4, 0.5) is 0 Å². The predicted octanol–water partition coefficient (Wildman–Crippen LogP) is 1.71. The molecule has 1 aliphatic heterocycles. The normalized spacial score (nSPS) is 21.4. The van der Waals surface area contributed by atoms with Crippen LogP contribution in [0.1, 0.15) is 30.4 Å². The van der Waals surface area contributed by atoms with Gasteiger partial charge in [-0.05, 0) is 44.0 Å². The second-order valence-electron chi connectivity index (χ2n) is 4.87. The maximum atomic E-state index is 11.3.